The molecule has 8 aromatic rings. The molecule has 38 heavy (non-hydrogen) atoms. The molecule has 0 aliphatic carbocycles. The van der Waals surface area contributed by atoms with Crippen molar-refractivity contribution in [2.45, 2.75) is 0 Å². The van der Waals surface area contributed by atoms with Crippen molar-refractivity contribution >= 4 is 80.9 Å². The molecule has 0 radical (unpaired) electrons. The lowest BCUT2D eigenvalue weighted by atomic mass is 9.94. The Morgan fingerprint density at radius 3 is 1.92 bits per heavy atom. The van der Waals surface area contributed by atoms with Crippen LogP contribution < -0.4 is 4.90 Å². The second-order valence-electron chi connectivity index (χ2n) is 9.78. The third-order valence-corrected chi connectivity index (χ3v) is 8.75. The molecule has 178 valence electrons. The second kappa shape index (κ2) is 8.44. The lowest BCUT2D eigenvalue weighted by Crippen LogP contribution is -2.10. The molecule has 2 heteroatoms. The van der Waals surface area contributed by atoms with Crippen LogP contribution in [0.3, 0.4) is 0 Å². The molecule has 0 fully saturated rings. The van der Waals surface area contributed by atoms with E-state index in [0.29, 0.717) is 0 Å². The van der Waals surface area contributed by atoms with Gasteiger partial charge < -0.3 is 4.90 Å². The Morgan fingerprint density at radius 1 is 0.395 bits per heavy atom. The van der Waals surface area contributed by atoms with Gasteiger partial charge in [-0.15, -0.1) is 11.3 Å². The van der Waals surface area contributed by atoms with Crippen molar-refractivity contribution in [3.05, 3.63) is 140 Å². The fourth-order valence-electron chi connectivity index (χ4n) is 5.90. The fraction of sp³-hybridized carbons (Fsp3) is 0. The minimum atomic E-state index is 1.15. The summed E-state index contributed by atoms with van der Waals surface area (Å²) in [4.78, 5) is 2.42. The zero-order chi connectivity index (χ0) is 25.1. The maximum Gasteiger partial charge on any atom is 0.0546 e. The van der Waals surface area contributed by atoms with E-state index < -0.39 is 0 Å². The minimum absolute atomic E-state index is 1.15. The zero-order valence-corrected chi connectivity index (χ0v) is 21.5. The summed E-state index contributed by atoms with van der Waals surface area (Å²) in [6, 6.07) is 50.8. The smallest absolute Gasteiger partial charge is 0.0546 e. The monoisotopic (exact) mass is 501 g/mol. The van der Waals surface area contributed by atoms with Gasteiger partial charge in [-0.1, -0.05) is 97.1 Å². The Hall–Kier alpha value is -4.66. The highest BCUT2D eigenvalue weighted by atomic mass is 32.1. The summed E-state index contributed by atoms with van der Waals surface area (Å²) in [6.07, 6.45) is 0. The number of rotatable bonds is 3. The number of para-hydroxylation sites is 1. The lowest BCUT2D eigenvalue weighted by Gasteiger charge is -2.28. The molecular formula is C36H23NS. The quantitative estimate of drug-likeness (QED) is 0.218. The van der Waals surface area contributed by atoms with Crippen LogP contribution in [0.5, 0.6) is 0 Å². The highest BCUT2D eigenvalue weighted by molar-refractivity contribution is 7.25. The predicted octanol–water partition coefficient (Wildman–Crippen LogP) is 11.0. The van der Waals surface area contributed by atoms with Gasteiger partial charge in [0.25, 0.3) is 0 Å². The summed E-state index contributed by atoms with van der Waals surface area (Å²) in [5.41, 5.74) is 3.50. The molecular weight excluding hydrogens is 478 g/mol. The molecule has 0 saturated heterocycles. The largest absolute Gasteiger partial charge is 0.310 e. The number of thiophene rings is 1. The molecule has 1 nitrogen and oxygen atoms in total. The van der Waals surface area contributed by atoms with E-state index in [4.69, 9.17) is 0 Å². The number of nitrogens with zero attached hydrogens (tertiary/aromatic N) is 1. The fourth-order valence-corrected chi connectivity index (χ4v) is 6.99. The van der Waals surface area contributed by atoms with Crippen LogP contribution in [0.2, 0.25) is 0 Å². The van der Waals surface area contributed by atoms with Gasteiger partial charge in [0.1, 0.15) is 0 Å². The van der Waals surface area contributed by atoms with Crippen LogP contribution in [-0.4, -0.2) is 0 Å². The second-order valence-corrected chi connectivity index (χ2v) is 10.9. The van der Waals surface area contributed by atoms with E-state index in [-0.39, 0.29) is 0 Å². The number of hydrogen-bond acceptors (Lipinski definition) is 2. The SMILES string of the molecule is c1ccc(N(c2ccc3sc4ccccc4c3c2)c2cc3ccc4ccccc4c3c3ccccc23)cc1. The van der Waals surface area contributed by atoms with Gasteiger partial charge in [0.2, 0.25) is 0 Å². The van der Waals surface area contributed by atoms with E-state index in [2.05, 4.69) is 144 Å². The van der Waals surface area contributed by atoms with Gasteiger partial charge in [0.05, 0.1) is 5.69 Å². The Bertz CT molecular complexity index is 2140. The molecule has 0 amide bonds. The third-order valence-electron chi connectivity index (χ3n) is 7.60. The lowest BCUT2D eigenvalue weighted by molar-refractivity contribution is 1.31. The zero-order valence-electron chi connectivity index (χ0n) is 20.6. The number of anilines is 3. The van der Waals surface area contributed by atoms with E-state index in [0.717, 1.165) is 11.4 Å². The van der Waals surface area contributed by atoms with Gasteiger partial charge in [-0.05, 0) is 69.4 Å². The van der Waals surface area contributed by atoms with E-state index in [1.165, 1.54) is 58.2 Å². The van der Waals surface area contributed by atoms with E-state index in [1.807, 2.05) is 11.3 Å². The van der Waals surface area contributed by atoms with Gasteiger partial charge in [0, 0.05) is 36.9 Å². The maximum atomic E-state index is 2.42. The molecule has 0 spiro atoms. The Balaban J connectivity index is 1.47. The van der Waals surface area contributed by atoms with Crippen molar-refractivity contribution in [1.82, 2.24) is 0 Å². The first-order valence-corrected chi connectivity index (χ1v) is 13.8. The molecule has 1 heterocycles. The van der Waals surface area contributed by atoms with Crippen LogP contribution >= 0.6 is 11.3 Å². The standard InChI is InChI=1S/C36H23NS/c1-2-11-26(12-3-1)37(27-20-21-35-32(23-27)30-15-8-9-17-34(30)38-35)33-22-25-19-18-24-10-4-5-13-28(24)36(25)31-16-7-6-14-29(31)33/h1-23H. The summed E-state index contributed by atoms with van der Waals surface area (Å²) in [5.74, 6) is 0. The van der Waals surface area contributed by atoms with Gasteiger partial charge in [0.15, 0.2) is 0 Å². The first-order valence-electron chi connectivity index (χ1n) is 12.9. The van der Waals surface area contributed by atoms with E-state index >= 15 is 0 Å². The first-order chi connectivity index (χ1) is 18.8. The van der Waals surface area contributed by atoms with Crippen molar-refractivity contribution in [3.8, 4) is 0 Å². The van der Waals surface area contributed by atoms with Crippen LogP contribution in [0.15, 0.2) is 140 Å². The molecule has 0 aliphatic heterocycles. The first kappa shape index (κ1) is 21.4. The maximum absolute atomic E-state index is 2.42. The van der Waals surface area contributed by atoms with Crippen LogP contribution in [0.25, 0.3) is 52.5 Å². The van der Waals surface area contributed by atoms with Gasteiger partial charge in [-0.25, -0.2) is 0 Å². The number of benzene rings is 7. The summed E-state index contributed by atoms with van der Waals surface area (Å²) in [6.45, 7) is 0. The van der Waals surface area contributed by atoms with Crippen molar-refractivity contribution in [2.75, 3.05) is 4.90 Å². The van der Waals surface area contributed by atoms with Crippen molar-refractivity contribution < 1.29 is 0 Å². The minimum Gasteiger partial charge on any atom is -0.310 e. The Kier molecular flexibility index (Phi) is 4.76. The molecule has 0 aliphatic rings. The number of hydrogen-bond donors (Lipinski definition) is 0. The molecule has 0 bridgehead atoms. The van der Waals surface area contributed by atoms with Crippen molar-refractivity contribution in [2.24, 2.45) is 0 Å². The molecule has 8 rings (SSSR count). The normalized spacial score (nSPS) is 11.7. The Morgan fingerprint density at radius 2 is 1.05 bits per heavy atom. The molecule has 0 saturated carbocycles. The van der Waals surface area contributed by atoms with Gasteiger partial charge >= 0.3 is 0 Å². The molecule has 7 aromatic carbocycles. The summed E-state index contributed by atoms with van der Waals surface area (Å²) in [7, 11) is 0. The predicted molar refractivity (Wildman–Crippen MR) is 167 cm³/mol. The highest BCUT2D eigenvalue weighted by Gasteiger charge is 2.19. The summed E-state index contributed by atoms with van der Waals surface area (Å²) in [5, 5.41) is 10.3. The van der Waals surface area contributed by atoms with Crippen molar-refractivity contribution in [3.63, 3.8) is 0 Å². The number of fused-ring (bicyclic) bond motifs is 8. The molecule has 1 aromatic heterocycles. The molecule has 0 unspecified atom stereocenters. The Labute approximate surface area is 224 Å². The average molecular weight is 502 g/mol. The van der Waals surface area contributed by atoms with E-state index in [1.54, 1.807) is 0 Å². The topological polar surface area (TPSA) is 3.24 Å². The molecule has 0 N–H and O–H groups in total. The third kappa shape index (κ3) is 3.24. The van der Waals surface area contributed by atoms with Gasteiger partial charge in [-0.2, -0.15) is 0 Å². The van der Waals surface area contributed by atoms with E-state index in [9.17, 15) is 0 Å². The average Bonchev–Trinajstić information content (AvgIpc) is 3.36. The van der Waals surface area contributed by atoms with Crippen molar-refractivity contribution in [1.29, 1.82) is 0 Å². The highest BCUT2D eigenvalue weighted by Crippen LogP contribution is 2.45. The summed E-state index contributed by atoms with van der Waals surface area (Å²) >= 11 is 1.86. The van der Waals surface area contributed by atoms with Crippen LogP contribution in [0.1, 0.15) is 0 Å². The molecule has 0 atom stereocenters. The summed E-state index contributed by atoms with van der Waals surface area (Å²) < 4.78 is 2.65. The van der Waals surface area contributed by atoms with Crippen LogP contribution in [0, 0.1) is 0 Å². The van der Waals surface area contributed by atoms with Crippen LogP contribution in [0.4, 0.5) is 17.1 Å². The van der Waals surface area contributed by atoms with Gasteiger partial charge in [-0.3, -0.25) is 0 Å². The van der Waals surface area contributed by atoms with Crippen LogP contribution in [-0.2, 0) is 0 Å².